The molecule has 0 aliphatic heterocycles. The molecule has 2 aromatic rings. The lowest BCUT2D eigenvalue weighted by Gasteiger charge is -2.05. The van der Waals surface area contributed by atoms with Crippen LogP contribution in [0.25, 0.3) is 11.3 Å². The maximum atomic E-state index is 5.62. The molecule has 0 saturated heterocycles. The number of furan rings is 1. The molecule has 0 spiro atoms. The van der Waals surface area contributed by atoms with E-state index >= 15 is 0 Å². The molecule has 2 heteroatoms. The molecule has 2 nitrogen and oxygen atoms in total. The van der Waals surface area contributed by atoms with Crippen LogP contribution in [0.1, 0.15) is 11.3 Å². The Hall–Kier alpha value is -1.54. The Morgan fingerprint density at radius 2 is 1.93 bits per heavy atom. The Balaban J connectivity index is 2.42. The summed E-state index contributed by atoms with van der Waals surface area (Å²) in [6.07, 6.45) is 0.885. The van der Waals surface area contributed by atoms with Gasteiger partial charge < -0.3 is 10.2 Å². The molecule has 0 aliphatic rings. The highest BCUT2D eigenvalue weighted by atomic mass is 16.3. The fourth-order valence-corrected chi connectivity index (χ4v) is 1.71. The van der Waals surface area contributed by atoms with Crippen LogP contribution < -0.4 is 5.73 Å². The zero-order valence-corrected chi connectivity index (χ0v) is 8.86. The van der Waals surface area contributed by atoms with Crippen LogP contribution in [-0.4, -0.2) is 6.54 Å². The summed E-state index contributed by atoms with van der Waals surface area (Å²) in [4.78, 5) is 0. The Labute approximate surface area is 89.7 Å². The van der Waals surface area contributed by atoms with Crippen molar-refractivity contribution in [2.24, 2.45) is 5.73 Å². The first kappa shape index (κ1) is 9.99. The van der Waals surface area contributed by atoms with Crippen LogP contribution in [0.15, 0.2) is 40.8 Å². The van der Waals surface area contributed by atoms with Gasteiger partial charge in [-0.25, -0.2) is 0 Å². The molecule has 0 amide bonds. The molecular formula is C13H15NO. The predicted octanol–water partition coefficient (Wildman–Crippen LogP) is 2.76. The third kappa shape index (κ3) is 2.10. The Bertz CT molecular complexity index is 445. The SMILES string of the molecule is Cc1ccc(-c2ccccc2CCN)o1. The minimum atomic E-state index is 0.663. The maximum absolute atomic E-state index is 5.62. The third-order valence-electron chi connectivity index (χ3n) is 2.44. The van der Waals surface area contributed by atoms with E-state index in [1.165, 1.54) is 5.56 Å². The van der Waals surface area contributed by atoms with E-state index < -0.39 is 0 Å². The second kappa shape index (κ2) is 4.32. The van der Waals surface area contributed by atoms with Gasteiger partial charge >= 0.3 is 0 Å². The predicted molar refractivity (Wildman–Crippen MR) is 61.6 cm³/mol. The standard InChI is InChI=1S/C13H15NO/c1-10-6-7-13(15-10)12-5-3-2-4-11(12)8-9-14/h2-7H,8-9,14H2,1H3. The van der Waals surface area contributed by atoms with Gasteiger partial charge in [0.05, 0.1) is 0 Å². The van der Waals surface area contributed by atoms with Crippen molar-refractivity contribution in [3.63, 3.8) is 0 Å². The molecule has 2 rings (SSSR count). The number of hydrogen-bond donors (Lipinski definition) is 1. The average Bonchev–Trinajstić information content (AvgIpc) is 2.66. The van der Waals surface area contributed by atoms with E-state index in [0.29, 0.717) is 6.54 Å². The molecule has 78 valence electrons. The van der Waals surface area contributed by atoms with Gasteiger partial charge in [-0.3, -0.25) is 0 Å². The van der Waals surface area contributed by atoms with Crippen molar-refractivity contribution < 1.29 is 4.42 Å². The van der Waals surface area contributed by atoms with E-state index in [1.807, 2.05) is 31.2 Å². The van der Waals surface area contributed by atoms with E-state index in [-0.39, 0.29) is 0 Å². The van der Waals surface area contributed by atoms with Gasteiger partial charge in [-0.1, -0.05) is 24.3 Å². The van der Waals surface area contributed by atoms with Crippen LogP contribution in [0.5, 0.6) is 0 Å². The van der Waals surface area contributed by atoms with Gasteiger partial charge in [-0.15, -0.1) is 0 Å². The van der Waals surface area contributed by atoms with E-state index in [2.05, 4.69) is 12.1 Å². The fourth-order valence-electron chi connectivity index (χ4n) is 1.71. The van der Waals surface area contributed by atoms with Crippen LogP contribution in [0, 0.1) is 6.92 Å². The summed E-state index contributed by atoms with van der Waals surface area (Å²) in [7, 11) is 0. The van der Waals surface area contributed by atoms with Gasteiger partial charge in [0, 0.05) is 5.56 Å². The number of benzene rings is 1. The summed E-state index contributed by atoms with van der Waals surface area (Å²) in [5, 5.41) is 0. The lowest BCUT2D eigenvalue weighted by molar-refractivity contribution is 0.547. The first-order valence-corrected chi connectivity index (χ1v) is 5.16. The van der Waals surface area contributed by atoms with Crippen molar-refractivity contribution in [3.05, 3.63) is 47.7 Å². The Morgan fingerprint density at radius 1 is 1.13 bits per heavy atom. The van der Waals surface area contributed by atoms with Gasteiger partial charge in [0.1, 0.15) is 11.5 Å². The smallest absolute Gasteiger partial charge is 0.134 e. The number of nitrogens with two attached hydrogens (primary N) is 1. The molecule has 0 fully saturated rings. The van der Waals surface area contributed by atoms with Crippen molar-refractivity contribution >= 4 is 0 Å². The average molecular weight is 201 g/mol. The Kier molecular flexibility index (Phi) is 2.88. The molecule has 0 bridgehead atoms. The molecule has 1 heterocycles. The highest BCUT2D eigenvalue weighted by Gasteiger charge is 2.06. The number of rotatable bonds is 3. The summed E-state index contributed by atoms with van der Waals surface area (Å²) in [5.74, 6) is 1.86. The second-order valence-electron chi connectivity index (χ2n) is 3.61. The highest BCUT2D eigenvalue weighted by Crippen LogP contribution is 2.25. The number of aryl methyl sites for hydroxylation is 1. The van der Waals surface area contributed by atoms with Gasteiger partial charge in [-0.05, 0) is 37.6 Å². The molecule has 0 unspecified atom stereocenters. The molecular weight excluding hydrogens is 186 g/mol. The van der Waals surface area contributed by atoms with E-state index in [9.17, 15) is 0 Å². The second-order valence-corrected chi connectivity index (χ2v) is 3.61. The number of hydrogen-bond acceptors (Lipinski definition) is 2. The lowest BCUT2D eigenvalue weighted by Crippen LogP contribution is -2.03. The quantitative estimate of drug-likeness (QED) is 0.829. The summed E-state index contributed by atoms with van der Waals surface area (Å²) in [6, 6.07) is 12.2. The zero-order chi connectivity index (χ0) is 10.7. The molecule has 0 atom stereocenters. The molecule has 1 aromatic heterocycles. The summed E-state index contributed by atoms with van der Waals surface area (Å²) in [6.45, 7) is 2.62. The normalized spacial score (nSPS) is 10.5. The summed E-state index contributed by atoms with van der Waals surface area (Å²) < 4.78 is 5.62. The minimum Gasteiger partial charge on any atom is -0.461 e. The molecule has 2 N–H and O–H groups in total. The lowest BCUT2D eigenvalue weighted by atomic mass is 10.0. The van der Waals surface area contributed by atoms with Gasteiger partial charge in [0.25, 0.3) is 0 Å². The molecule has 15 heavy (non-hydrogen) atoms. The molecule has 0 aliphatic carbocycles. The van der Waals surface area contributed by atoms with Crippen molar-refractivity contribution in [1.29, 1.82) is 0 Å². The topological polar surface area (TPSA) is 39.2 Å². The van der Waals surface area contributed by atoms with Crippen molar-refractivity contribution in [3.8, 4) is 11.3 Å². The largest absolute Gasteiger partial charge is 0.461 e. The van der Waals surface area contributed by atoms with Crippen LogP contribution in [0.2, 0.25) is 0 Å². The Morgan fingerprint density at radius 3 is 2.60 bits per heavy atom. The molecule has 0 saturated carbocycles. The maximum Gasteiger partial charge on any atom is 0.134 e. The van der Waals surface area contributed by atoms with Crippen LogP contribution in [0.3, 0.4) is 0 Å². The van der Waals surface area contributed by atoms with Crippen LogP contribution in [0.4, 0.5) is 0 Å². The molecule has 0 radical (unpaired) electrons. The molecule has 1 aromatic carbocycles. The van der Waals surface area contributed by atoms with Gasteiger partial charge in [0.15, 0.2) is 0 Å². The van der Waals surface area contributed by atoms with Crippen molar-refractivity contribution in [2.75, 3.05) is 6.54 Å². The van der Waals surface area contributed by atoms with Crippen LogP contribution >= 0.6 is 0 Å². The van der Waals surface area contributed by atoms with Crippen molar-refractivity contribution in [1.82, 2.24) is 0 Å². The van der Waals surface area contributed by atoms with Gasteiger partial charge in [0.2, 0.25) is 0 Å². The zero-order valence-electron chi connectivity index (χ0n) is 8.86. The van der Waals surface area contributed by atoms with E-state index in [1.54, 1.807) is 0 Å². The fraction of sp³-hybridized carbons (Fsp3) is 0.231. The van der Waals surface area contributed by atoms with E-state index in [0.717, 1.165) is 23.5 Å². The van der Waals surface area contributed by atoms with Crippen molar-refractivity contribution in [2.45, 2.75) is 13.3 Å². The minimum absolute atomic E-state index is 0.663. The third-order valence-corrected chi connectivity index (χ3v) is 2.44. The van der Waals surface area contributed by atoms with E-state index in [4.69, 9.17) is 10.2 Å². The monoisotopic (exact) mass is 201 g/mol. The highest BCUT2D eigenvalue weighted by molar-refractivity contribution is 5.62. The van der Waals surface area contributed by atoms with Gasteiger partial charge in [-0.2, -0.15) is 0 Å². The first-order valence-electron chi connectivity index (χ1n) is 5.16. The summed E-state index contributed by atoms with van der Waals surface area (Å²) in [5.41, 5.74) is 7.98. The first-order chi connectivity index (χ1) is 7.31. The summed E-state index contributed by atoms with van der Waals surface area (Å²) >= 11 is 0. The van der Waals surface area contributed by atoms with Crippen LogP contribution in [-0.2, 0) is 6.42 Å².